The molecule has 0 saturated heterocycles. The number of aliphatic hydroxyl groups excluding tert-OH is 1. The third kappa shape index (κ3) is 2.25. The van der Waals surface area contributed by atoms with E-state index in [-0.39, 0.29) is 0 Å². The molecule has 0 fully saturated rings. The molecular formula is C17H18BrNO. The molecule has 2 nitrogen and oxygen atoms in total. The second-order valence-corrected chi connectivity index (χ2v) is 6.29. The van der Waals surface area contributed by atoms with Crippen molar-refractivity contribution in [3.05, 3.63) is 58.1 Å². The molecule has 2 unspecified atom stereocenters. The van der Waals surface area contributed by atoms with Crippen LogP contribution in [0.25, 0.3) is 0 Å². The first kappa shape index (κ1) is 13.7. The van der Waals surface area contributed by atoms with Crippen LogP contribution < -0.4 is 4.90 Å². The smallest absolute Gasteiger partial charge is 0.0772 e. The van der Waals surface area contributed by atoms with Crippen molar-refractivity contribution < 1.29 is 5.11 Å². The van der Waals surface area contributed by atoms with Crippen molar-refractivity contribution in [1.29, 1.82) is 0 Å². The highest BCUT2D eigenvalue weighted by Crippen LogP contribution is 2.39. The molecule has 1 N–H and O–H groups in total. The van der Waals surface area contributed by atoms with Crippen LogP contribution in [0.1, 0.15) is 31.1 Å². The summed E-state index contributed by atoms with van der Waals surface area (Å²) in [5.41, 5.74) is 4.78. The van der Waals surface area contributed by atoms with Gasteiger partial charge in [0, 0.05) is 21.9 Å². The average molecular weight is 332 g/mol. The number of halogens is 1. The van der Waals surface area contributed by atoms with Crippen molar-refractivity contribution in [2.24, 2.45) is 0 Å². The van der Waals surface area contributed by atoms with E-state index in [0.717, 1.165) is 16.5 Å². The summed E-state index contributed by atoms with van der Waals surface area (Å²) in [6.45, 7) is 4.03. The minimum absolute atomic E-state index is 0.455. The van der Waals surface area contributed by atoms with E-state index in [1.165, 1.54) is 16.9 Å². The Balaban J connectivity index is 2.03. The van der Waals surface area contributed by atoms with Gasteiger partial charge < -0.3 is 10.0 Å². The predicted octanol–water partition coefficient (Wildman–Crippen LogP) is 4.59. The largest absolute Gasteiger partial charge is 0.389 e. The lowest BCUT2D eigenvalue weighted by Crippen LogP contribution is -2.23. The van der Waals surface area contributed by atoms with Gasteiger partial charge in [0.15, 0.2) is 0 Å². The molecule has 0 spiro atoms. The molecule has 0 bridgehead atoms. The summed E-state index contributed by atoms with van der Waals surface area (Å²) in [5.74, 6) is 0. The van der Waals surface area contributed by atoms with Crippen LogP contribution in [0.15, 0.2) is 46.9 Å². The van der Waals surface area contributed by atoms with E-state index >= 15 is 0 Å². The van der Waals surface area contributed by atoms with Crippen LogP contribution in [0, 0.1) is 0 Å². The van der Waals surface area contributed by atoms with Gasteiger partial charge in [-0.05, 0) is 49.6 Å². The summed E-state index contributed by atoms with van der Waals surface area (Å²) in [6, 6.07) is 15.2. The van der Waals surface area contributed by atoms with Crippen molar-refractivity contribution in [2.75, 3.05) is 4.90 Å². The van der Waals surface area contributed by atoms with Crippen LogP contribution in [0.4, 0.5) is 11.4 Å². The lowest BCUT2D eigenvalue weighted by Gasteiger charge is -2.26. The summed E-state index contributed by atoms with van der Waals surface area (Å²) in [7, 11) is 0. The molecule has 20 heavy (non-hydrogen) atoms. The van der Waals surface area contributed by atoms with Gasteiger partial charge in [0.2, 0.25) is 0 Å². The molecule has 2 aromatic carbocycles. The van der Waals surface area contributed by atoms with E-state index in [9.17, 15) is 5.11 Å². The first-order valence-corrected chi connectivity index (χ1v) is 7.72. The number of benzene rings is 2. The Morgan fingerprint density at radius 3 is 2.70 bits per heavy atom. The standard InChI is InChI=1S/C17H18BrNO/c1-11-9-13-5-3-4-6-17(13)19(11)14-7-8-15(12(2)20)16(18)10-14/h3-8,10-12,20H,9H2,1-2H3. The zero-order chi connectivity index (χ0) is 14.3. The fraction of sp³-hybridized carbons (Fsp3) is 0.294. The Bertz CT molecular complexity index is 639. The van der Waals surface area contributed by atoms with Gasteiger partial charge in [-0.15, -0.1) is 0 Å². The van der Waals surface area contributed by atoms with Gasteiger partial charge in [0.25, 0.3) is 0 Å². The number of anilines is 2. The number of nitrogens with zero attached hydrogens (tertiary/aromatic N) is 1. The Hall–Kier alpha value is -1.32. The van der Waals surface area contributed by atoms with E-state index < -0.39 is 6.10 Å². The molecule has 104 valence electrons. The molecule has 3 rings (SSSR count). The quantitative estimate of drug-likeness (QED) is 0.870. The molecule has 2 aromatic rings. The molecule has 1 heterocycles. The minimum Gasteiger partial charge on any atom is -0.389 e. The average Bonchev–Trinajstić information content (AvgIpc) is 2.73. The van der Waals surface area contributed by atoms with E-state index in [2.05, 4.69) is 64.2 Å². The van der Waals surface area contributed by atoms with Crippen LogP contribution >= 0.6 is 15.9 Å². The number of aliphatic hydroxyl groups is 1. The normalized spacial score (nSPS) is 19.0. The summed E-state index contributed by atoms with van der Waals surface area (Å²) in [5, 5.41) is 9.73. The zero-order valence-corrected chi connectivity index (χ0v) is 13.3. The van der Waals surface area contributed by atoms with Crippen LogP contribution in [0.5, 0.6) is 0 Å². The summed E-state index contributed by atoms with van der Waals surface area (Å²) < 4.78 is 0.960. The van der Waals surface area contributed by atoms with E-state index in [0.29, 0.717) is 6.04 Å². The number of fused-ring (bicyclic) bond motifs is 1. The molecular weight excluding hydrogens is 314 g/mol. The number of rotatable bonds is 2. The Labute approximate surface area is 128 Å². The highest BCUT2D eigenvalue weighted by atomic mass is 79.9. The topological polar surface area (TPSA) is 23.5 Å². The third-order valence-electron chi connectivity index (χ3n) is 3.92. The van der Waals surface area contributed by atoms with Crippen LogP contribution in [-0.2, 0) is 6.42 Å². The monoisotopic (exact) mass is 331 g/mol. The van der Waals surface area contributed by atoms with Crippen molar-refractivity contribution in [1.82, 2.24) is 0 Å². The van der Waals surface area contributed by atoms with Crippen molar-refractivity contribution in [3.8, 4) is 0 Å². The maximum Gasteiger partial charge on any atom is 0.0772 e. The Morgan fingerprint density at radius 1 is 1.25 bits per heavy atom. The van der Waals surface area contributed by atoms with Gasteiger partial charge >= 0.3 is 0 Å². The summed E-state index contributed by atoms with van der Waals surface area (Å²) >= 11 is 3.57. The first-order chi connectivity index (χ1) is 9.58. The second-order valence-electron chi connectivity index (χ2n) is 5.43. The Kier molecular flexibility index (Phi) is 3.57. The van der Waals surface area contributed by atoms with Gasteiger partial charge in [-0.2, -0.15) is 0 Å². The molecule has 0 amide bonds. The minimum atomic E-state index is -0.457. The van der Waals surface area contributed by atoms with E-state index in [4.69, 9.17) is 0 Å². The molecule has 1 aliphatic heterocycles. The molecule has 1 aliphatic rings. The van der Waals surface area contributed by atoms with Crippen LogP contribution in [0.3, 0.4) is 0 Å². The van der Waals surface area contributed by atoms with Gasteiger partial charge in [-0.3, -0.25) is 0 Å². The van der Waals surface area contributed by atoms with Gasteiger partial charge in [0.05, 0.1) is 6.10 Å². The fourth-order valence-electron chi connectivity index (χ4n) is 2.96. The van der Waals surface area contributed by atoms with Gasteiger partial charge in [-0.1, -0.05) is 40.2 Å². The van der Waals surface area contributed by atoms with Crippen LogP contribution in [-0.4, -0.2) is 11.1 Å². The molecule has 3 heteroatoms. The Morgan fingerprint density at radius 2 is 2.00 bits per heavy atom. The summed E-state index contributed by atoms with van der Waals surface area (Å²) in [4.78, 5) is 2.37. The molecule has 0 saturated carbocycles. The van der Waals surface area contributed by atoms with E-state index in [1.807, 2.05) is 6.07 Å². The molecule has 0 aromatic heterocycles. The maximum atomic E-state index is 9.73. The second kappa shape index (κ2) is 5.23. The highest BCUT2D eigenvalue weighted by molar-refractivity contribution is 9.10. The van der Waals surface area contributed by atoms with E-state index in [1.54, 1.807) is 6.92 Å². The lowest BCUT2D eigenvalue weighted by molar-refractivity contribution is 0.198. The SMILES string of the molecule is CC(O)c1ccc(N2c3ccccc3CC2C)cc1Br. The predicted molar refractivity (Wildman–Crippen MR) is 86.5 cm³/mol. The van der Waals surface area contributed by atoms with Crippen molar-refractivity contribution in [2.45, 2.75) is 32.4 Å². The van der Waals surface area contributed by atoms with Gasteiger partial charge in [-0.25, -0.2) is 0 Å². The van der Waals surface area contributed by atoms with Gasteiger partial charge in [0.1, 0.15) is 0 Å². The molecule has 0 aliphatic carbocycles. The lowest BCUT2D eigenvalue weighted by atomic mass is 10.1. The maximum absolute atomic E-state index is 9.73. The molecule has 0 radical (unpaired) electrons. The number of hydrogen-bond donors (Lipinski definition) is 1. The van der Waals surface area contributed by atoms with Crippen molar-refractivity contribution in [3.63, 3.8) is 0 Å². The highest BCUT2D eigenvalue weighted by Gasteiger charge is 2.27. The fourth-order valence-corrected chi connectivity index (χ4v) is 3.66. The number of para-hydroxylation sites is 1. The number of hydrogen-bond acceptors (Lipinski definition) is 2. The molecule has 2 atom stereocenters. The summed E-state index contributed by atoms with van der Waals surface area (Å²) in [6.07, 6.45) is 0.619. The van der Waals surface area contributed by atoms with Crippen molar-refractivity contribution >= 4 is 27.3 Å². The zero-order valence-electron chi connectivity index (χ0n) is 11.7. The van der Waals surface area contributed by atoms with Crippen LogP contribution in [0.2, 0.25) is 0 Å². The third-order valence-corrected chi connectivity index (χ3v) is 4.61. The first-order valence-electron chi connectivity index (χ1n) is 6.92.